The van der Waals surface area contributed by atoms with E-state index in [0.29, 0.717) is 28.2 Å². The highest BCUT2D eigenvalue weighted by atomic mass is 32.1. The summed E-state index contributed by atoms with van der Waals surface area (Å²) in [5, 5.41) is 2.67. The van der Waals surface area contributed by atoms with Crippen molar-refractivity contribution < 1.29 is 23.8 Å². The van der Waals surface area contributed by atoms with Crippen molar-refractivity contribution in [3.63, 3.8) is 0 Å². The Hall–Kier alpha value is -3.20. The Kier molecular flexibility index (Phi) is 5.51. The molecule has 0 fully saturated rings. The van der Waals surface area contributed by atoms with Crippen LogP contribution in [0.1, 0.15) is 15.9 Å². The molecule has 0 aliphatic carbocycles. The lowest BCUT2D eigenvalue weighted by atomic mass is 10.1. The molecule has 0 spiro atoms. The van der Waals surface area contributed by atoms with Crippen molar-refractivity contribution in [3.05, 3.63) is 41.5 Å². The SMILES string of the molecule is COc1cc(C(=O)OCC(=O)Nc2cccc3nsnc23)cc(OC)c1C. The van der Waals surface area contributed by atoms with Crippen LogP contribution in [-0.2, 0) is 9.53 Å². The summed E-state index contributed by atoms with van der Waals surface area (Å²) >= 11 is 1.06. The number of esters is 1. The normalized spacial score (nSPS) is 10.5. The van der Waals surface area contributed by atoms with Crippen molar-refractivity contribution in [1.29, 1.82) is 0 Å². The highest BCUT2D eigenvalue weighted by molar-refractivity contribution is 7.00. The summed E-state index contributed by atoms with van der Waals surface area (Å²) in [6.45, 7) is 1.37. The second kappa shape index (κ2) is 8.00. The number of carbonyl (C=O) groups is 2. The molecule has 0 atom stereocenters. The first-order valence-corrected chi connectivity index (χ1v) is 8.67. The predicted octanol–water partition coefficient (Wildman–Crippen LogP) is 2.81. The molecular formula is C18H17N3O5S. The summed E-state index contributed by atoms with van der Waals surface area (Å²) in [5.41, 5.74) is 2.79. The van der Waals surface area contributed by atoms with Gasteiger partial charge < -0.3 is 19.5 Å². The van der Waals surface area contributed by atoms with Crippen LogP contribution in [0.3, 0.4) is 0 Å². The van der Waals surface area contributed by atoms with Crippen LogP contribution in [0.4, 0.5) is 5.69 Å². The lowest BCUT2D eigenvalue weighted by Gasteiger charge is -2.12. The molecule has 1 N–H and O–H groups in total. The molecule has 1 amide bonds. The maximum absolute atomic E-state index is 12.3. The molecule has 3 rings (SSSR count). The van der Waals surface area contributed by atoms with Crippen LogP contribution >= 0.6 is 11.7 Å². The highest BCUT2D eigenvalue weighted by Crippen LogP contribution is 2.29. The largest absolute Gasteiger partial charge is 0.496 e. The van der Waals surface area contributed by atoms with E-state index >= 15 is 0 Å². The summed E-state index contributed by atoms with van der Waals surface area (Å²) in [4.78, 5) is 24.4. The number of nitrogens with zero attached hydrogens (tertiary/aromatic N) is 2. The van der Waals surface area contributed by atoms with Crippen molar-refractivity contribution in [3.8, 4) is 11.5 Å². The molecule has 1 aromatic heterocycles. The summed E-state index contributed by atoms with van der Waals surface area (Å²) in [6, 6.07) is 8.35. The number of hydrogen-bond donors (Lipinski definition) is 1. The first-order chi connectivity index (χ1) is 13.0. The van der Waals surface area contributed by atoms with Gasteiger partial charge in [-0.25, -0.2) is 4.79 Å². The molecule has 0 aliphatic rings. The van der Waals surface area contributed by atoms with Gasteiger partial charge in [0.1, 0.15) is 22.5 Å². The Morgan fingerprint density at radius 1 is 1.11 bits per heavy atom. The van der Waals surface area contributed by atoms with Gasteiger partial charge in [-0.1, -0.05) is 6.07 Å². The van der Waals surface area contributed by atoms with Gasteiger partial charge in [-0.05, 0) is 31.2 Å². The van der Waals surface area contributed by atoms with Crippen molar-refractivity contribution in [2.75, 3.05) is 26.1 Å². The molecule has 3 aromatic rings. The minimum Gasteiger partial charge on any atom is -0.496 e. The van der Waals surface area contributed by atoms with E-state index in [1.807, 2.05) is 6.92 Å². The van der Waals surface area contributed by atoms with Gasteiger partial charge in [-0.3, -0.25) is 4.79 Å². The highest BCUT2D eigenvalue weighted by Gasteiger charge is 2.16. The van der Waals surface area contributed by atoms with E-state index in [1.54, 1.807) is 30.3 Å². The number of carbonyl (C=O) groups excluding carboxylic acids is 2. The molecule has 1 heterocycles. The average molecular weight is 387 g/mol. The lowest BCUT2D eigenvalue weighted by Crippen LogP contribution is -2.21. The fraction of sp³-hybridized carbons (Fsp3) is 0.222. The van der Waals surface area contributed by atoms with E-state index in [-0.39, 0.29) is 5.56 Å². The van der Waals surface area contributed by atoms with Gasteiger partial charge in [0.2, 0.25) is 0 Å². The second-order valence-electron chi connectivity index (χ2n) is 5.57. The monoisotopic (exact) mass is 387 g/mol. The Bertz CT molecular complexity index is 977. The quantitative estimate of drug-likeness (QED) is 0.649. The Balaban J connectivity index is 1.67. The smallest absolute Gasteiger partial charge is 0.338 e. The molecule has 27 heavy (non-hydrogen) atoms. The van der Waals surface area contributed by atoms with Gasteiger partial charge in [0.05, 0.1) is 37.2 Å². The number of benzene rings is 2. The number of nitrogens with one attached hydrogen (secondary N) is 1. The first kappa shape index (κ1) is 18.6. The third-order valence-corrected chi connectivity index (χ3v) is 4.42. The molecule has 0 radical (unpaired) electrons. The van der Waals surface area contributed by atoms with Gasteiger partial charge in [-0.15, -0.1) is 0 Å². The van der Waals surface area contributed by atoms with E-state index in [9.17, 15) is 9.59 Å². The zero-order chi connectivity index (χ0) is 19.4. The molecule has 9 heteroatoms. The van der Waals surface area contributed by atoms with Gasteiger partial charge >= 0.3 is 5.97 Å². The molecule has 0 aliphatic heterocycles. The fourth-order valence-electron chi connectivity index (χ4n) is 2.51. The number of fused-ring (bicyclic) bond motifs is 1. The number of ether oxygens (including phenoxy) is 3. The summed E-state index contributed by atoms with van der Waals surface area (Å²) < 4.78 is 23.8. The van der Waals surface area contributed by atoms with Crippen LogP contribution in [0.15, 0.2) is 30.3 Å². The third-order valence-electron chi connectivity index (χ3n) is 3.88. The molecule has 0 saturated heterocycles. The molecule has 0 unspecified atom stereocenters. The molecule has 140 valence electrons. The number of aromatic nitrogens is 2. The minimum atomic E-state index is -0.657. The molecule has 0 bridgehead atoms. The van der Waals surface area contributed by atoms with E-state index in [2.05, 4.69) is 14.1 Å². The zero-order valence-corrected chi connectivity index (χ0v) is 15.8. The first-order valence-electron chi connectivity index (χ1n) is 7.94. The van der Waals surface area contributed by atoms with E-state index in [1.165, 1.54) is 14.2 Å². The average Bonchev–Trinajstić information content (AvgIpc) is 3.16. The Morgan fingerprint density at radius 2 is 1.81 bits per heavy atom. The maximum atomic E-state index is 12.3. The Labute approximate surface area is 159 Å². The number of rotatable bonds is 6. The molecule has 2 aromatic carbocycles. The van der Waals surface area contributed by atoms with Crippen LogP contribution in [0, 0.1) is 6.92 Å². The summed E-state index contributed by atoms with van der Waals surface area (Å²) in [5.74, 6) is -0.146. The van der Waals surface area contributed by atoms with Crippen molar-refractivity contribution in [2.24, 2.45) is 0 Å². The topological polar surface area (TPSA) is 99.6 Å². The fourth-order valence-corrected chi connectivity index (χ4v) is 3.06. The summed E-state index contributed by atoms with van der Waals surface area (Å²) in [7, 11) is 3.00. The standard InChI is InChI=1S/C18H17N3O5S/c1-10-14(24-2)7-11(8-15(10)25-3)18(23)26-9-16(22)19-12-5-4-6-13-17(12)21-27-20-13/h4-8H,9H2,1-3H3,(H,19,22). The van der Waals surface area contributed by atoms with E-state index < -0.39 is 18.5 Å². The lowest BCUT2D eigenvalue weighted by molar-refractivity contribution is -0.119. The number of methoxy groups -OCH3 is 2. The van der Waals surface area contributed by atoms with Gasteiger partial charge in [-0.2, -0.15) is 8.75 Å². The zero-order valence-electron chi connectivity index (χ0n) is 14.9. The maximum Gasteiger partial charge on any atom is 0.338 e. The molecular weight excluding hydrogens is 370 g/mol. The van der Waals surface area contributed by atoms with Crippen LogP contribution < -0.4 is 14.8 Å². The van der Waals surface area contributed by atoms with Gasteiger partial charge in [0.25, 0.3) is 5.91 Å². The van der Waals surface area contributed by atoms with Crippen LogP contribution in [0.2, 0.25) is 0 Å². The van der Waals surface area contributed by atoms with E-state index in [4.69, 9.17) is 14.2 Å². The van der Waals surface area contributed by atoms with Crippen LogP contribution in [-0.4, -0.2) is 41.5 Å². The predicted molar refractivity (Wildman–Crippen MR) is 101 cm³/mol. The molecule has 0 saturated carbocycles. The minimum absolute atomic E-state index is 0.230. The second-order valence-corrected chi connectivity index (χ2v) is 6.10. The van der Waals surface area contributed by atoms with E-state index in [0.717, 1.165) is 17.3 Å². The number of amides is 1. The molecule has 8 nitrogen and oxygen atoms in total. The van der Waals surface area contributed by atoms with Gasteiger partial charge in [0.15, 0.2) is 6.61 Å². The third kappa shape index (κ3) is 3.98. The summed E-state index contributed by atoms with van der Waals surface area (Å²) in [6.07, 6.45) is 0. The number of anilines is 1. The number of hydrogen-bond acceptors (Lipinski definition) is 8. The Morgan fingerprint density at radius 3 is 2.48 bits per heavy atom. The van der Waals surface area contributed by atoms with Crippen LogP contribution in [0.25, 0.3) is 11.0 Å². The van der Waals surface area contributed by atoms with Crippen LogP contribution in [0.5, 0.6) is 11.5 Å². The van der Waals surface area contributed by atoms with Crippen molar-refractivity contribution in [2.45, 2.75) is 6.92 Å². The van der Waals surface area contributed by atoms with Crippen molar-refractivity contribution in [1.82, 2.24) is 8.75 Å². The van der Waals surface area contributed by atoms with Gasteiger partial charge in [0, 0.05) is 5.56 Å². The van der Waals surface area contributed by atoms with Crippen molar-refractivity contribution >= 4 is 40.3 Å².